The molecule has 1 amide bonds. The molecule has 1 unspecified atom stereocenters. The highest BCUT2D eigenvalue weighted by Gasteiger charge is 2.35. The lowest BCUT2D eigenvalue weighted by molar-refractivity contribution is -0.134. The first-order valence-corrected chi connectivity index (χ1v) is 10.5. The van der Waals surface area contributed by atoms with Crippen LogP contribution in [0.5, 0.6) is 0 Å². The molecule has 1 saturated heterocycles. The van der Waals surface area contributed by atoms with Crippen molar-refractivity contribution < 1.29 is 13.2 Å². The predicted octanol–water partition coefficient (Wildman–Crippen LogP) is 1.87. The van der Waals surface area contributed by atoms with Crippen LogP contribution in [0.15, 0.2) is 17.0 Å². The molecule has 0 spiro atoms. The van der Waals surface area contributed by atoms with E-state index >= 15 is 0 Å². The number of sulfonamides is 1. The van der Waals surface area contributed by atoms with Gasteiger partial charge in [0.15, 0.2) is 0 Å². The second-order valence-corrected chi connectivity index (χ2v) is 9.78. The molecule has 2 rings (SSSR count). The summed E-state index contributed by atoms with van der Waals surface area (Å²) in [6.45, 7) is 11.0. The monoisotopic (exact) mass is 381 g/mol. The molecular weight excluding hydrogens is 350 g/mol. The zero-order valence-corrected chi connectivity index (χ0v) is 17.2. The van der Waals surface area contributed by atoms with E-state index in [4.69, 9.17) is 5.73 Å². The lowest BCUT2D eigenvalue weighted by Crippen LogP contribution is -2.54. The maximum atomic E-state index is 12.6. The third-order valence-corrected chi connectivity index (χ3v) is 6.93. The molecule has 1 atom stereocenters. The molecule has 26 heavy (non-hydrogen) atoms. The Morgan fingerprint density at radius 3 is 2.38 bits per heavy atom. The number of rotatable bonds is 5. The van der Waals surface area contributed by atoms with Gasteiger partial charge in [-0.3, -0.25) is 4.79 Å². The normalized spacial score (nSPS) is 20.2. The Bertz CT molecular complexity index is 764. The molecule has 1 fully saturated rings. The topological polar surface area (TPSA) is 92.5 Å². The fourth-order valence-electron chi connectivity index (χ4n) is 3.70. The van der Waals surface area contributed by atoms with Crippen LogP contribution in [0, 0.1) is 26.2 Å². The Kier molecular flexibility index (Phi) is 6.15. The highest BCUT2D eigenvalue weighted by Crippen LogP contribution is 2.28. The Hall–Kier alpha value is -1.44. The van der Waals surface area contributed by atoms with Crippen LogP contribution in [0.1, 0.15) is 43.4 Å². The molecule has 1 aromatic carbocycles. The van der Waals surface area contributed by atoms with Crippen molar-refractivity contribution in [2.45, 2.75) is 58.4 Å². The quantitative estimate of drug-likeness (QED) is 0.814. The minimum atomic E-state index is -3.64. The van der Waals surface area contributed by atoms with E-state index in [1.807, 2.05) is 19.1 Å². The van der Waals surface area contributed by atoms with E-state index in [-0.39, 0.29) is 30.3 Å². The van der Waals surface area contributed by atoms with Crippen LogP contribution in [-0.4, -0.2) is 44.9 Å². The third-order valence-electron chi connectivity index (χ3n) is 5.17. The van der Waals surface area contributed by atoms with Crippen LogP contribution in [0.3, 0.4) is 0 Å². The lowest BCUT2D eigenvalue weighted by Gasteiger charge is -2.42. The fourth-order valence-corrected chi connectivity index (χ4v) is 5.18. The number of amides is 1. The smallest absolute Gasteiger partial charge is 0.241 e. The molecule has 1 heterocycles. The summed E-state index contributed by atoms with van der Waals surface area (Å²) in [6.07, 6.45) is 0.917. The van der Waals surface area contributed by atoms with Gasteiger partial charge in [-0.2, -0.15) is 0 Å². The van der Waals surface area contributed by atoms with Gasteiger partial charge in [0.1, 0.15) is 0 Å². The Balaban J connectivity index is 1.98. The maximum absolute atomic E-state index is 12.6. The first-order chi connectivity index (χ1) is 11.9. The molecule has 3 N–H and O–H groups in total. The van der Waals surface area contributed by atoms with Crippen LogP contribution in [0.2, 0.25) is 0 Å². The third kappa shape index (κ3) is 4.64. The van der Waals surface area contributed by atoms with Gasteiger partial charge in [-0.15, -0.1) is 0 Å². The SMILES string of the molecule is Cc1cc(C)c(S(=O)(=O)NCCC(=O)N2CCC(N)C(C)(C)C2)c(C)c1. The largest absolute Gasteiger partial charge is 0.342 e. The van der Waals surface area contributed by atoms with Gasteiger partial charge in [-0.05, 0) is 43.7 Å². The number of benzene rings is 1. The highest BCUT2D eigenvalue weighted by atomic mass is 32.2. The number of nitrogens with zero attached hydrogens (tertiary/aromatic N) is 1. The molecule has 0 bridgehead atoms. The first kappa shape index (κ1) is 20.9. The molecule has 0 radical (unpaired) electrons. The summed E-state index contributed by atoms with van der Waals surface area (Å²) < 4.78 is 27.8. The molecule has 1 aromatic rings. The van der Waals surface area contributed by atoms with Crippen molar-refractivity contribution in [2.75, 3.05) is 19.6 Å². The van der Waals surface area contributed by atoms with Crippen molar-refractivity contribution in [2.24, 2.45) is 11.1 Å². The number of hydrogen-bond acceptors (Lipinski definition) is 4. The molecule has 1 aliphatic heterocycles. The van der Waals surface area contributed by atoms with Gasteiger partial charge in [0.05, 0.1) is 4.90 Å². The molecule has 0 saturated carbocycles. The minimum absolute atomic E-state index is 0.0370. The molecular formula is C19H31N3O3S. The second-order valence-electron chi connectivity index (χ2n) is 8.07. The van der Waals surface area contributed by atoms with Crippen molar-refractivity contribution in [1.29, 1.82) is 0 Å². The summed E-state index contributed by atoms with van der Waals surface area (Å²) in [4.78, 5) is 14.5. The summed E-state index contributed by atoms with van der Waals surface area (Å²) in [5.41, 5.74) is 8.44. The van der Waals surface area contributed by atoms with E-state index in [1.165, 1.54) is 0 Å². The van der Waals surface area contributed by atoms with E-state index in [1.54, 1.807) is 18.7 Å². The van der Waals surface area contributed by atoms with Gasteiger partial charge in [0.25, 0.3) is 0 Å². The maximum Gasteiger partial charge on any atom is 0.241 e. The second kappa shape index (κ2) is 7.66. The first-order valence-electron chi connectivity index (χ1n) is 9.05. The van der Waals surface area contributed by atoms with E-state index < -0.39 is 10.0 Å². The van der Waals surface area contributed by atoms with E-state index in [0.29, 0.717) is 29.1 Å². The Morgan fingerprint density at radius 1 is 1.27 bits per heavy atom. The van der Waals surface area contributed by atoms with Crippen LogP contribution in [0.25, 0.3) is 0 Å². The van der Waals surface area contributed by atoms with Crippen LogP contribution < -0.4 is 10.5 Å². The number of carbonyl (C=O) groups is 1. The summed E-state index contributed by atoms with van der Waals surface area (Å²) in [5, 5.41) is 0. The van der Waals surface area contributed by atoms with Gasteiger partial charge in [0.2, 0.25) is 15.9 Å². The predicted molar refractivity (Wildman–Crippen MR) is 103 cm³/mol. The molecule has 7 heteroatoms. The Morgan fingerprint density at radius 2 is 1.85 bits per heavy atom. The standard InChI is InChI=1S/C19H31N3O3S/c1-13-10-14(2)18(15(3)11-13)26(24,25)21-8-6-17(23)22-9-7-16(20)19(4,5)12-22/h10-11,16,21H,6-9,12,20H2,1-5H3. The number of nitrogens with two attached hydrogens (primary N) is 1. The summed E-state index contributed by atoms with van der Waals surface area (Å²) in [6, 6.07) is 3.79. The van der Waals surface area contributed by atoms with E-state index in [2.05, 4.69) is 18.6 Å². The van der Waals surface area contributed by atoms with E-state index in [9.17, 15) is 13.2 Å². The number of likely N-dealkylation sites (tertiary alicyclic amines) is 1. The van der Waals surface area contributed by atoms with Crippen molar-refractivity contribution in [3.05, 3.63) is 28.8 Å². The van der Waals surface area contributed by atoms with Crippen molar-refractivity contribution in [3.63, 3.8) is 0 Å². The van der Waals surface area contributed by atoms with Crippen LogP contribution >= 0.6 is 0 Å². The average molecular weight is 382 g/mol. The zero-order chi connectivity index (χ0) is 19.7. The number of carbonyl (C=O) groups excluding carboxylic acids is 1. The average Bonchev–Trinajstić information content (AvgIpc) is 2.48. The van der Waals surface area contributed by atoms with Crippen LogP contribution in [-0.2, 0) is 14.8 Å². The number of hydrogen-bond donors (Lipinski definition) is 2. The van der Waals surface area contributed by atoms with Gasteiger partial charge in [-0.1, -0.05) is 31.5 Å². The molecule has 1 aliphatic rings. The number of piperidine rings is 1. The minimum Gasteiger partial charge on any atom is -0.342 e. The highest BCUT2D eigenvalue weighted by molar-refractivity contribution is 7.89. The molecule has 146 valence electrons. The molecule has 0 aromatic heterocycles. The van der Waals surface area contributed by atoms with Gasteiger partial charge in [0, 0.05) is 32.1 Å². The van der Waals surface area contributed by atoms with Crippen molar-refractivity contribution >= 4 is 15.9 Å². The van der Waals surface area contributed by atoms with Gasteiger partial charge < -0.3 is 10.6 Å². The zero-order valence-electron chi connectivity index (χ0n) is 16.4. The van der Waals surface area contributed by atoms with E-state index in [0.717, 1.165) is 12.0 Å². The number of aryl methyl sites for hydroxylation is 3. The number of nitrogens with one attached hydrogen (secondary N) is 1. The van der Waals surface area contributed by atoms with Gasteiger partial charge in [-0.25, -0.2) is 13.1 Å². The summed E-state index contributed by atoms with van der Waals surface area (Å²) >= 11 is 0. The van der Waals surface area contributed by atoms with Crippen molar-refractivity contribution in [3.8, 4) is 0 Å². The summed E-state index contributed by atoms with van der Waals surface area (Å²) in [5.74, 6) is -0.0370. The fraction of sp³-hybridized carbons (Fsp3) is 0.632. The molecule has 0 aliphatic carbocycles. The van der Waals surface area contributed by atoms with Crippen LogP contribution in [0.4, 0.5) is 0 Å². The van der Waals surface area contributed by atoms with Crippen molar-refractivity contribution in [1.82, 2.24) is 9.62 Å². The lowest BCUT2D eigenvalue weighted by atomic mass is 9.79. The summed E-state index contributed by atoms with van der Waals surface area (Å²) in [7, 11) is -3.64. The Labute approximate surface area is 157 Å². The molecule has 6 nitrogen and oxygen atoms in total. The van der Waals surface area contributed by atoms with Gasteiger partial charge >= 0.3 is 0 Å².